The van der Waals surface area contributed by atoms with Crippen LogP contribution in [0.4, 0.5) is 11.4 Å². The quantitative estimate of drug-likeness (QED) is 0.831. The summed E-state index contributed by atoms with van der Waals surface area (Å²) in [5, 5.41) is 0. The molecule has 1 heterocycles. The van der Waals surface area contributed by atoms with Gasteiger partial charge in [0.15, 0.2) is 0 Å². The van der Waals surface area contributed by atoms with Gasteiger partial charge < -0.3 is 20.4 Å². The number of likely N-dealkylation sites (N-methyl/N-ethyl adjacent to an activating group) is 2. The lowest BCUT2D eigenvalue weighted by atomic mass is 10.2. The van der Waals surface area contributed by atoms with E-state index in [1.807, 2.05) is 18.2 Å². The molecule has 2 N–H and O–H groups in total. The van der Waals surface area contributed by atoms with Crippen molar-refractivity contribution in [2.75, 3.05) is 64.0 Å². The smallest absolute Gasteiger partial charge is 0.0384 e. The van der Waals surface area contributed by atoms with Crippen LogP contribution in [0, 0.1) is 0 Å². The number of benzene rings is 1. The maximum atomic E-state index is 5.83. The van der Waals surface area contributed by atoms with Gasteiger partial charge in [-0.2, -0.15) is 0 Å². The predicted octanol–water partition coefficient (Wildman–Crippen LogP) is 1.34. The molecule has 0 aromatic heterocycles. The summed E-state index contributed by atoms with van der Waals surface area (Å²) in [5.74, 6) is 0. The minimum absolute atomic E-state index is 0.834. The van der Waals surface area contributed by atoms with E-state index in [1.165, 1.54) is 38.3 Å². The molecule has 0 bridgehead atoms. The highest BCUT2D eigenvalue weighted by Gasteiger charge is 2.12. The lowest BCUT2D eigenvalue weighted by molar-refractivity contribution is 0.282. The summed E-state index contributed by atoms with van der Waals surface area (Å²) in [5.41, 5.74) is 7.86. The van der Waals surface area contributed by atoms with E-state index in [9.17, 15) is 0 Å². The molecule has 1 aliphatic heterocycles. The van der Waals surface area contributed by atoms with Gasteiger partial charge in [-0.05, 0) is 44.8 Å². The van der Waals surface area contributed by atoms with Crippen LogP contribution in [0.1, 0.15) is 6.42 Å². The highest BCUT2D eigenvalue weighted by Crippen LogP contribution is 2.15. The monoisotopic (exact) mass is 262 g/mol. The van der Waals surface area contributed by atoms with Gasteiger partial charge in [-0.1, -0.05) is 6.07 Å². The highest BCUT2D eigenvalue weighted by atomic mass is 15.2. The molecule has 0 atom stereocenters. The number of hydrogen-bond donors (Lipinski definition) is 1. The molecule has 1 saturated heterocycles. The first-order chi connectivity index (χ1) is 9.15. The number of nitrogen functional groups attached to an aromatic ring is 1. The van der Waals surface area contributed by atoms with Gasteiger partial charge in [0.1, 0.15) is 0 Å². The topological polar surface area (TPSA) is 35.7 Å². The average Bonchev–Trinajstić information content (AvgIpc) is 2.61. The van der Waals surface area contributed by atoms with Gasteiger partial charge in [-0.3, -0.25) is 0 Å². The normalized spacial score (nSPS) is 18.2. The zero-order valence-electron chi connectivity index (χ0n) is 12.2. The fraction of sp³-hybridized carbons (Fsp3) is 0.600. The van der Waals surface area contributed by atoms with Crippen molar-refractivity contribution in [2.24, 2.45) is 0 Å². The van der Waals surface area contributed by atoms with Crippen molar-refractivity contribution in [1.29, 1.82) is 0 Å². The summed E-state index contributed by atoms with van der Waals surface area (Å²) in [7, 11) is 4.35. The molecule has 0 radical (unpaired) electrons. The third kappa shape index (κ3) is 4.40. The van der Waals surface area contributed by atoms with Crippen molar-refractivity contribution in [2.45, 2.75) is 6.42 Å². The second-order valence-electron chi connectivity index (χ2n) is 5.52. The van der Waals surface area contributed by atoms with Crippen LogP contribution in [-0.2, 0) is 0 Å². The molecule has 2 rings (SSSR count). The Bertz CT molecular complexity index is 393. The predicted molar refractivity (Wildman–Crippen MR) is 82.7 cm³/mol. The van der Waals surface area contributed by atoms with Crippen LogP contribution in [0.25, 0.3) is 0 Å². The Morgan fingerprint density at radius 2 is 2.05 bits per heavy atom. The molecule has 4 heteroatoms. The molecule has 0 aliphatic carbocycles. The van der Waals surface area contributed by atoms with E-state index in [0.717, 1.165) is 18.8 Å². The largest absolute Gasteiger partial charge is 0.399 e. The van der Waals surface area contributed by atoms with Crippen molar-refractivity contribution in [3.05, 3.63) is 24.3 Å². The van der Waals surface area contributed by atoms with Crippen LogP contribution in [-0.4, -0.2) is 63.2 Å². The lowest BCUT2D eigenvalue weighted by Gasteiger charge is -2.25. The standard InChI is InChI=1S/C15H26N4/c1-17-7-4-8-19(11-9-17)12-10-18(2)15-6-3-5-14(16)13-15/h3,5-6,13H,4,7-12,16H2,1-2H3. The molecular weight excluding hydrogens is 236 g/mol. The summed E-state index contributed by atoms with van der Waals surface area (Å²) < 4.78 is 0. The molecule has 4 nitrogen and oxygen atoms in total. The molecular formula is C15H26N4. The third-order valence-corrected chi connectivity index (χ3v) is 3.87. The first-order valence-electron chi connectivity index (χ1n) is 7.13. The number of nitrogens with two attached hydrogens (primary N) is 1. The zero-order valence-corrected chi connectivity index (χ0v) is 12.2. The molecule has 0 saturated carbocycles. The molecule has 0 amide bonds. The Morgan fingerprint density at radius 3 is 2.84 bits per heavy atom. The molecule has 0 spiro atoms. The maximum Gasteiger partial charge on any atom is 0.0384 e. The van der Waals surface area contributed by atoms with Crippen molar-refractivity contribution < 1.29 is 0 Å². The van der Waals surface area contributed by atoms with Crippen molar-refractivity contribution in [3.63, 3.8) is 0 Å². The Kier molecular flexibility index (Phi) is 5.05. The van der Waals surface area contributed by atoms with Gasteiger partial charge in [0.2, 0.25) is 0 Å². The molecule has 1 aromatic rings. The van der Waals surface area contributed by atoms with Crippen LogP contribution >= 0.6 is 0 Å². The van der Waals surface area contributed by atoms with Crippen LogP contribution in [0.5, 0.6) is 0 Å². The van der Waals surface area contributed by atoms with Gasteiger partial charge in [0, 0.05) is 44.6 Å². The van der Waals surface area contributed by atoms with Crippen molar-refractivity contribution in [3.8, 4) is 0 Å². The van der Waals surface area contributed by atoms with Gasteiger partial charge >= 0.3 is 0 Å². The van der Waals surface area contributed by atoms with Crippen LogP contribution in [0.3, 0.4) is 0 Å². The first kappa shape index (κ1) is 14.2. The van der Waals surface area contributed by atoms with E-state index < -0.39 is 0 Å². The minimum atomic E-state index is 0.834. The van der Waals surface area contributed by atoms with Gasteiger partial charge in [0.05, 0.1) is 0 Å². The number of anilines is 2. The molecule has 1 aromatic carbocycles. The Morgan fingerprint density at radius 1 is 1.21 bits per heavy atom. The molecule has 106 valence electrons. The van der Waals surface area contributed by atoms with Gasteiger partial charge in [-0.15, -0.1) is 0 Å². The second kappa shape index (κ2) is 6.78. The number of rotatable bonds is 4. The van der Waals surface area contributed by atoms with Crippen LogP contribution < -0.4 is 10.6 Å². The van der Waals surface area contributed by atoms with E-state index in [2.05, 4.69) is 34.9 Å². The first-order valence-corrected chi connectivity index (χ1v) is 7.13. The van der Waals surface area contributed by atoms with Crippen molar-refractivity contribution in [1.82, 2.24) is 9.80 Å². The molecule has 1 fully saturated rings. The Balaban J connectivity index is 1.81. The summed E-state index contributed by atoms with van der Waals surface area (Å²) >= 11 is 0. The molecule has 0 unspecified atom stereocenters. The number of hydrogen-bond acceptors (Lipinski definition) is 4. The summed E-state index contributed by atoms with van der Waals surface area (Å²) in [4.78, 5) is 7.26. The number of nitrogens with zero attached hydrogens (tertiary/aromatic N) is 3. The van der Waals surface area contributed by atoms with Crippen LogP contribution in [0.15, 0.2) is 24.3 Å². The fourth-order valence-corrected chi connectivity index (χ4v) is 2.51. The van der Waals surface area contributed by atoms with E-state index in [4.69, 9.17) is 5.73 Å². The maximum absolute atomic E-state index is 5.83. The summed E-state index contributed by atoms with van der Waals surface area (Å²) in [6.07, 6.45) is 1.28. The van der Waals surface area contributed by atoms with Gasteiger partial charge in [-0.25, -0.2) is 0 Å². The molecule has 19 heavy (non-hydrogen) atoms. The second-order valence-corrected chi connectivity index (χ2v) is 5.52. The lowest BCUT2D eigenvalue weighted by Crippen LogP contribution is -2.35. The Hall–Kier alpha value is -1.26. The molecule has 1 aliphatic rings. The van der Waals surface area contributed by atoms with E-state index in [-0.39, 0.29) is 0 Å². The van der Waals surface area contributed by atoms with Crippen LogP contribution in [0.2, 0.25) is 0 Å². The highest BCUT2D eigenvalue weighted by molar-refractivity contribution is 5.55. The third-order valence-electron chi connectivity index (χ3n) is 3.87. The minimum Gasteiger partial charge on any atom is -0.399 e. The zero-order chi connectivity index (χ0) is 13.7. The van der Waals surface area contributed by atoms with E-state index >= 15 is 0 Å². The SMILES string of the molecule is CN1CCCN(CCN(C)c2cccc(N)c2)CC1. The fourth-order valence-electron chi connectivity index (χ4n) is 2.51. The average molecular weight is 262 g/mol. The van der Waals surface area contributed by atoms with Crippen molar-refractivity contribution >= 4 is 11.4 Å². The Labute approximate surface area is 116 Å². The summed E-state index contributed by atoms with van der Waals surface area (Å²) in [6.45, 7) is 6.98. The van der Waals surface area contributed by atoms with Gasteiger partial charge in [0.25, 0.3) is 0 Å². The van der Waals surface area contributed by atoms with E-state index in [0.29, 0.717) is 0 Å². The van der Waals surface area contributed by atoms with E-state index in [1.54, 1.807) is 0 Å². The summed E-state index contributed by atoms with van der Waals surface area (Å²) in [6, 6.07) is 8.10.